The fraction of sp³-hybridized carbons (Fsp3) is 0.318. The van der Waals surface area contributed by atoms with Gasteiger partial charge in [0.25, 0.3) is 0 Å². The van der Waals surface area contributed by atoms with Gasteiger partial charge < -0.3 is 0 Å². The molecule has 1 aromatic carbocycles. The molecular formula is C22H23N2O2S2+. The predicted molar refractivity (Wildman–Crippen MR) is 116 cm³/mol. The van der Waals surface area contributed by atoms with Crippen LogP contribution in [-0.2, 0) is 25.8 Å². The summed E-state index contributed by atoms with van der Waals surface area (Å²) in [5.74, 6) is 0.349. The number of nitrogens with one attached hydrogen (secondary N) is 1. The van der Waals surface area contributed by atoms with Crippen LogP contribution in [0.2, 0.25) is 0 Å². The molecule has 0 amide bonds. The summed E-state index contributed by atoms with van der Waals surface area (Å²) < 4.78 is 1.71. The Hall–Kier alpha value is -2.18. The van der Waals surface area contributed by atoms with Crippen molar-refractivity contribution in [2.75, 3.05) is 5.75 Å². The Morgan fingerprint density at radius 3 is 2.82 bits per heavy atom. The maximum Gasteiger partial charge on any atom is 0.347 e. The zero-order valence-corrected chi connectivity index (χ0v) is 17.5. The molecule has 28 heavy (non-hydrogen) atoms. The molecule has 6 heteroatoms. The Morgan fingerprint density at radius 2 is 2.11 bits per heavy atom. The number of fused-ring (bicyclic) bond motifs is 3. The summed E-state index contributed by atoms with van der Waals surface area (Å²) in [6, 6.07) is 7.76. The average Bonchev–Trinajstić information content (AvgIpc) is 3.29. The number of thiophene rings is 1. The van der Waals surface area contributed by atoms with E-state index in [4.69, 9.17) is 0 Å². The minimum absolute atomic E-state index is 0.0234. The van der Waals surface area contributed by atoms with E-state index in [1.54, 1.807) is 22.0 Å². The number of Topliss-reactive ketones (excluding diaryl/α,β-unsaturated/α-hetero) is 1. The highest BCUT2D eigenvalue weighted by atomic mass is 32.2. The lowest BCUT2D eigenvalue weighted by Crippen LogP contribution is -2.29. The van der Waals surface area contributed by atoms with Crippen LogP contribution in [0.3, 0.4) is 0 Å². The number of thioether (sulfide) groups is 1. The number of rotatable bonds is 7. The van der Waals surface area contributed by atoms with Crippen LogP contribution >= 0.6 is 23.1 Å². The van der Waals surface area contributed by atoms with E-state index >= 15 is 0 Å². The third-order valence-electron chi connectivity index (χ3n) is 5.18. The second-order valence-corrected chi connectivity index (χ2v) is 9.03. The van der Waals surface area contributed by atoms with Crippen LogP contribution in [0.1, 0.15) is 39.7 Å². The fourth-order valence-electron chi connectivity index (χ4n) is 3.66. The molecule has 4 nitrogen and oxygen atoms in total. The second-order valence-electron chi connectivity index (χ2n) is 6.96. The molecule has 4 rings (SSSR count). The highest BCUT2D eigenvalue weighted by Gasteiger charge is 2.27. The van der Waals surface area contributed by atoms with Crippen molar-refractivity contribution >= 4 is 39.1 Å². The van der Waals surface area contributed by atoms with Crippen molar-refractivity contribution in [3.8, 4) is 0 Å². The lowest BCUT2D eigenvalue weighted by Gasteiger charge is -2.04. The van der Waals surface area contributed by atoms with Gasteiger partial charge in [-0.3, -0.25) is 4.79 Å². The smallest absolute Gasteiger partial charge is 0.293 e. The van der Waals surface area contributed by atoms with E-state index in [-0.39, 0.29) is 17.1 Å². The number of hydrogen-bond donors (Lipinski definition) is 0. The summed E-state index contributed by atoms with van der Waals surface area (Å²) in [4.78, 5) is 31.4. The van der Waals surface area contributed by atoms with E-state index in [0.29, 0.717) is 12.1 Å². The van der Waals surface area contributed by atoms with Crippen LogP contribution in [0.15, 0.2) is 46.9 Å². The molecule has 2 heterocycles. The summed E-state index contributed by atoms with van der Waals surface area (Å²) in [5, 5.41) is 1.54. The zero-order chi connectivity index (χ0) is 19.7. The van der Waals surface area contributed by atoms with Crippen molar-refractivity contribution in [3.63, 3.8) is 0 Å². The average molecular weight is 412 g/mol. The molecule has 0 radical (unpaired) electrons. The van der Waals surface area contributed by atoms with Gasteiger partial charge in [-0.25, -0.2) is 9.78 Å². The van der Waals surface area contributed by atoms with Gasteiger partial charge >= 0.3 is 10.7 Å². The molecule has 0 spiro atoms. The highest BCUT2D eigenvalue weighted by Crippen LogP contribution is 2.34. The van der Waals surface area contributed by atoms with Crippen LogP contribution in [0.5, 0.6) is 0 Å². The third-order valence-corrected chi connectivity index (χ3v) is 7.39. The lowest BCUT2D eigenvalue weighted by atomic mass is 10.1. The minimum atomic E-state index is 0.0234. The minimum Gasteiger partial charge on any atom is -0.293 e. The van der Waals surface area contributed by atoms with Gasteiger partial charge in [-0.15, -0.1) is 0 Å². The van der Waals surface area contributed by atoms with Crippen molar-refractivity contribution in [1.82, 2.24) is 4.57 Å². The Bertz CT molecular complexity index is 1110. The van der Waals surface area contributed by atoms with E-state index in [1.165, 1.54) is 27.8 Å². The molecule has 0 saturated heterocycles. The molecule has 0 unspecified atom stereocenters. The van der Waals surface area contributed by atoms with E-state index in [0.717, 1.165) is 41.1 Å². The zero-order valence-electron chi connectivity index (χ0n) is 15.9. The fourth-order valence-corrected chi connectivity index (χ4v) is 5.93. The van der Waals surface area contributed by atoms with E-state index in [2.05, 4.69) is 18.5 Å². The van der Waals surface area contributed by atoms with Crippen LogP contribution in [0, 0.1) is 0 Å². The Labute approximate surface area is 172 Å². The van der Waals surface area contributed by atoms with Crippen molar-refractivity contribution in [2.24, 2.45) is 0 Å². The maximum absolute atomic E-state index is 13.1. The van der Waals surface area contributed by atoms with E-state index in [9.17, 15) is 9.59 Å². The molecule has 0 bridgehead atoms. The molecule has 1 N–H and O–H groups in total. The van der Waals surface area contributed by atoms with Gasteiger partial charge in [0.15, 0.2) is 10.6 Å². The molecule has 144 valence electrons. The Morgan fingerprint density at radius 1 is 1.32 bits per heavy atom. The van der Waals surface area contributed by atoms with Gasteiger partial charge in [0.05, 0.1) is 5.75 Å². The van der Waals surface area contributed by atoms with Crippen LogP contribution in [-0.4, -0.2) is 16.1 Å². The number of aromatic nitrogens is 2. The largest absolute Gasteiger partial charge is 0.347 e. The standard InChI is InChI=1S/C22H22N2O2S2/c1-3-12-24-21(26)19-16-6-5-7-18(16)28-20(19)23-22(24)27-13-17(25)15-10-8-14(4-2)9-11-15/h3,8-11H,1,4-7,12-13H2,2H3/p+1. The summed E-state index contributed by atoms with van der Waals surface area (Å²) in [6.45, 7) is 6.31. The number of ketones is 1. The number of aromatic amines is 1. The third kappa shape index (κ3) is 3.47. The van der Waals surface area contributed by atoms with Crippen molar-refractivity contribution < 1.29 is 9.78 Å². The quantitative estimate of drug-likeness (QED) is 0.255. The first-order valence-corrected chi connectivity index (χ1v) is 11.4. The van der Waals surface area contributed by atoms with Gasteiger partial charge in [0.1, 0.15) is 11.9 Å². The van der Waals surface area contributed by atoms with Gasteiger partial charge in [-0.2, -0.15) is 4.57 Å². The van der Waals surface area contributed by atoms with Crippen LogP contribution in [0.25, 0.3) is 10.2 Å². The first-order valence-electron chi connectivity index (χ1n) is 9.58. The highest BCUT2D eigenvalue weighted by molar-refractivity contribution is 7.99. The second kappa shape index (κ2) is 8.05. The number of carbonyl (C=O) groups excluding carboxylic acids is 1. The lowest BCUT2D eigenvalue weighted by molar-refractivity contribution is -0.404. The van der Waals surface area contributed by atoms with Gasteiger partial charge in [0.2, 0.25) is 0 Å². The first-order chi connectivity index (χ1) is 13.6. The van der Waals surface area contributed by atoms with Crippen LogP contribution in [0.4, 0.5) is 0 Å². The van der Waals surface area contributed by atoms with Crippen molar-refractivity contribution in [1.29, 1.82) is 0 Å². The molecule has 1 aliphatic carbocycles. The normalized spacial score (nSPS) is 13.0. The molecule has 3 aromatic rings. The Balaban J connectivity index is 1.64. The number of H-pyrrole nitrogens is 1. The van der Waals surface area contributed by atoms with Crippen LogP contribution < -0.4 is 10.5 Å². The van der Waals surface area contributed by atoms with E-state index in [1.807, 2.05) is 24.3 Å². The number of aryl methyl sites for hydroxylation is 3. The van der Waals surface area contributed by atoms with E-state index < -0.39 is 0 Å². The predicted octanol–water partition coefficient (Wildman–Crippen LogP) is 4.09. The van der Waals surface area contributed by atoms with Crippen molar-refractivity contribution in [2.45, 2.75) is 44.3 Å². The topological polar surface area (TPSA) is 53.2 Å². The molecule has 0 atom stereocenters. The number of nitrogens with zero attached hydrogens (tertiary/aromatic N) is 1. The molecule has 0 fully saturated rings. The molecule has 0 saturated carbocycles. The number of hydrogen-bond acceptors (Lipinski definition) is 4. The molecular weight excluding hydrogens is 388 g/mol. The first kappa shape index (κ1) is 19.2. The van der Waals surface area contributed by atoms with Gasteiger partial charge in [-0.1, -0.05) is 55.2 Å². The summed E-state index contributed by atoms with van der Waals surface area (Å²) in [7, 11) is 0. The molecule has 0 aliphatic heterocycles. The summed E-state index contributed by atoms with van der Waals surface area (Å²) in [5.41, 5.74) is 3.16. The van der Waals surface area contributed by atoms with Gasteiger partial charge in [-0.05, 0) is 48.6 Å². The monoisotopic (exact) mass is 411 g/mol. The number of carbonyl (C=O) groups is 1. The number of benzene rings is 1. The summed E-state index contributed by atoms with van der Waals surface area (Å²) >= 11 is 3.07. The maximum atomic E-state index is 13.1. The SMILES string of the molecule is C=CCn1c(SCC(=O)c2ccc(CC)cc2)[nH+]c2sc3c(c2c1=O)CCC3. The van der Waals surface area contributed by atoms with Gasteiger partial charge in [0, 0.05) is 10.4 Å². The summed E-state index contributed by atoms with van der Waals surface area (Å²) in [6.07, 6.45) is 5.84. The number of allylic oxidation sites excluding steroid dienone is 1. The molecule has 2 aromatic heterocycles. The molecule has 1 aliphatic rings. The Kier molecular flexibility index (Phi) is 5.51. The van der Waals surface area contributed by atoms with Crippen molar-refractivity contribution in [3.05, 3.63) is 68.8 Å².